The summed E-state index contributed by atoms with van der Waals surface area (Å²) in [6.07, 6.45) is 5.32. The largest absolute Gasteiger partial charge is 0.497 e. The standard InChI is InChI=1S/C19H25N7O2/c1-5-25-13-20-23-18(25)12-24(3)19(27)22-14(2)15-10-21-26(11-15)16-6-8-17(28-4)9-7-16/h6-11,13-14H,5,12H2,1-4H3,(H,22,27). The van der Waals surface area contributed by atoms with Crippen molar-refractivity contribution in [2.45, 2.75) is 33.0 Å². The molecule has 2 aromatic heterocycles. The molecule has 28 heavy (non-hydrogen) atoms. The minimum atomic E-state index is -0.189. The number of amides is 2. The van der Waals surface area contributed by atoms with Gasteiger partial charge in [0, 0.05) is 25.4 Å². The second kappa shape index (κ2) is 8.55. The molecule has 148 valence electrons. The highest BCUT2D eigenvalue weighted by Gasteiger charge is 2.17. The van der Waals surface area contributed by atoms with Crippen molar-refractivity contribution in [1.29, 1.82) is 0 Å². The zero-order valence-corrected chi connectivity index (χ0v) is 16.5. The average molecular weight is 383 g/mol. The molecule has 0 aliphatic heterocycles. The molecule has 3 aromatic rings. The van der Waals surface area contributed by atoms with Gasteiger partial charge < -0.3 is 19.5 Å². The lowest BCUT2D eigenvalue weighted by atomic mass is 10.2. The van der Waals surface area contributed by atoms with E-state index in [1.54, 1.807) is 36.3 Å². The fourth-order valence-electron chi connectivity index (χ4n) is 2.76. The molecule has 0 aliphatic carbocycles. The topological polar surface area (TPSA) is 90.1 Å². The first kappa shape index (κ1) is 19.4. The number of benzene rings is 1. The number of ether oxygens (including phenoxy) is 1. The summed E-state index contributed by atoms with van der Waals surface area (Å²) in [7, 11) is 3.37. The highest BCUT2D eigenvalue weighted by Crippen LogP contribution is 2.17. The molecule has 0 saturated heterocycles. The smallest absolute Gasteiger partial charge is 0.318 e. The van der Waals surface area contributed by atoms with Gasteiger partial charge in [-0.05, 0) is 38.1 Å². The van der Waals surface area contributed by atoms with Crippen molar-refractivity contribution in [1.82, 2.24) is 34.8 Å². The lowest BCUT2D eigenvalue weighted by Gasteiger charge is -2.20. The number of aromatic nitrogens is 5. The van der Waals surface area contributed by atoms with Crippen molar-refractivity contribution in [3.8, 4) is 11.4 Å². The fourth-order valence-corrected chi connectivity index (χ4v) is 2.76. The highest BCUT2D eigenvalue weighted by molar-refractivity contribution is 5.74. The number of rotatable bonds is 7. The molecule has 2 heterocycles. The Morgan fingerprint density at radius 1 is 1.32 bits per heavy atom. The molecular weight excluding hydrogens is 358 g/mol. The molecule has 1 unspecified atom stereocenters. The third-order valence-corrected chi connectivity index (χ3v) is 4.54. The van der Waals surface area contributed by atoms with E-state index >= 15 is 0 Å². The summed E-state index contributed by atoms with van der Waals surface area (Å²) < 4.78 is 8.85. The van der Waals surface area contributed by atoms with Gasteiger partial charge in [0.15, 0.2) is 5.82 Å². The van der Waals surface area contributed by atoms with E-state index in [2.05, 4.69) is 20.6 Å². The molecular formula is C19H25N7O2. The van der Waals surface area contributed by atoms with Crippen LogP contribution in [0.5, 0.6) is 5.75 Å². The number of carbonyl (C=O) groups is 1. The molecule has 1 atom stereocenters. The number of nitrogens with zero attached hydrogens (tertiary/aromatic N) is 6. The molecule has 9 heteroatoms. The van der Waals surface area contributed by atoms with Crippen LogP contribution in [-0.2, 0) is 13.1 Å². The Balaban J connectivity index is 1.61. The van der Waals surface area contributed by atoms with Crippen LogP contribution in [0.4, 0.5) is 4.79 Å². The maximum absolute atomic E-state index is 12.5. The van der Waals surface area contributed by atoms with E-state index in [0.29, 0.717) is 6.54 Å². The van der Waals surface area contributed by atoms with Gasteiger partial charge in [-0.25, -0.2) is 9.48 Å². The zero-order valence-electron chi connectivity index (χ0n) is 16.5. The van der Waals surface area contributed by atoms with E-state index in [1.165, 1.54) is 0 Å². The summed E-state index contributed by atoms with van der Waals surface area (Å²) in [5, 5.41) is 15.3. The van der Waals surface area contributed by atoms with Gasteiger partial charge in [-0.2, -0.15) is 5.10 Å². The van der Waals surface area contributed by atoms with Gasteiger partial charge in [-0.15, -0.1) is 10.2 Å². The van der Waals surface area contributed by atoms with Gasteiger partial charge in [-0.1, -0.05) is 0 Å². The predicted octanol–water partition coefficient (Wildman–Crippen LogP) is 2.39. The molecule has 0 aliphatic rings. The molecule has 3 rings (SSSR count). The van der Waals surface area contributed by atoms with Crippen LogP contribution in [-0.4, -0.2) is 49.6 Å². The summed E-state index contributed by atoms with van der Waals surface area (Å²) in [6, 6.07) is 7.24. The molecule has 0 radical (unpaired) electrons. The Bertz CT molecular complexity index is 917. The number of methoxy groups -OCH3 is 1. The maximum atomic E-state index is 12.5. The summed E-state index contributed by atoms with van der Waals surface area (Å²) >= 11 is 0. The van der Waals surface area contributed by atoms with Gasteiger partial charge in [0.05, 0.1) is 31.6 Å². The summed E-state index contributed by atoms with van der Waals surface area (Å²) in [4.78, 5) is 14.1. The minimum absolute atomic E-state index is 0.185. The average Bonchev–Trinajstić information content (AvgIpc) is 3.37. The van der Waals surface area contributed by atoms with Crippen LogP contribution >= 0.6 is 0 Å². The van der Waals surface area contributed by atoms with Crippen LogP contribution in [0.15, 0.2) is 43.0 Å². The van der Waals surface area contributed by atoms with E-state index in [0.717, 1.165) is 29.4 Å². The number of nitrogens with one attached hydrogen (secondary N) is 1. The van der Waals surface area contributed by atoms with Gasteiger partial charge in [0.2, 0.25) is 0 Å². The van der Waals surface area contributed by atoms with E-state index in [1.807, 2.05) is 48.9 Å². The van der Waals surface area contributed by atoms with Crippen LogP contribution in [0.2, 0.25) is 0 Å². The van der Waals surface area contributed by atoms with Crippen molar-refractivity contribution in [2.24, 2.45) is 0 Å². The Morgan fingerprint density at radius 2 is 2.07 bits per heavy atom. The second-order valence-electron chi connectivity index (χ2n) is 6.48. The SMILES string of the molecule is CCn1cnnc1CN(C)C(=O)NC(C)c1cnn(-c2ccc(OC)cc2)c1. The fraction of sp³-hybridized carbons (Fsp3) is 0.368. The third-order valence-electron chi connectivity index (χ3n) is 4.54. The first-order chi connectivity index (χ1) is 13.5. The van der Waals surface area contributed by atoms with Crippen LogP contribution < -0.4 is 10.1 Å². The second-order valence-corrected chi connectivity index (χ2v) is 6.48. The van der Waals surface area contributed by atoms with E-state index in [9.17, 15) is 4.79 Å². The van der Waals surface area contributed by atoms with Crippen LogP contribution in [0.1, 0.15) is 31.3 Å². The Kier molecular flexibility index (Phi) is 5.93. The normalized spacial score (nSPS) is 11.9. The number of carbonyl (C=O) groups excluding carboxylic acids is 1. The van der Waals surface area contributed by atoms with Crippen molar-refractivity contribution in [2.75, 3.05) is 14.2 Å². The monoisotopic (exact) mass is 383 g/mol. The summed E-state index contributed by atoms with van der Waals surface area (Å²) in [5.74, 6) is 1.54. The Labute approximate surface area is 163 Å². The third kappa shape index (κ3) is 4.30. The number of hydrogen-bond acceptors (Lipinski definition) is 5. The van der Waals surface area contributed by atoms with Gasteiger partial charge in [-0.3, -0.25) is 0 Å². The molecule has 0 bridgehead atoms. The molecule has 0 spiro atoms. The first-order valence-corrected chi connectivity index (χ1v) is 9.09. The van der Waals surface area contributed by atoms with E-state index < -0.39 is 0 Å². The van der Waals surface area contributed by atoms with E-state index in [4.69, 9.17) is 4.74 Å². The van der Waals surface area contributed by atoms with Crippen molar-refractivity contribution in [3.05, 3.63) is 54.4 Å². The van der Waals surface area contributed by atoms with E-state index in [-0.39, 0.29) is 12.1 Å². The van der Waals surface area contributed by atoms with Crippen molar-refractivity contribution < 1.29 is 9.53 Å². The van der Waals surface area contributed by atoms with Crippen LogP contribution in [0.25, 0.3) is 5.69 Å². The van der Waals surface area contributed by atoms with Gasteiger partial charge >= 0.3 is 6.03 Å². The molecule has 0 fully saturated rings. The summed E-state index contributed by atoms with van der Waals surface area (Å²) in [5.41, 5.74) is 1.83. The Hall–Kier alpha value is -3.36. The molecule has 0 saturated carbocycles. The molecule has 9 nitrogen and oxygen atoms in total. The molecule has 2 amide bonds. The van der Waals surface area contributed by atoms with Gasteiger partial charge in [0.1, 0.15) is 12.1 Å². The first-order valence-electron chi connectivity index (χ1n) is 9.09. The maximum Gasteiger partial charge on any atom is 0.318 e. The van der Waals surface area contributed by atoms with Crippen molar-refractivity contribution >= 4 is 6.03 Å². The number of hydrogen-bond donors (Lipinski definition) is 1. The lowest BCUT2D eigenvalue weighted by Crippen LogP contribution is -2.38. The number of aryl methyl sites for hydroxylation is 1. The lowest BCUT2D eigenvalue weighted by molar-refractivity contribution is 0.202. The quantitative estimate of drug-likeness (QED) is 0.677. The highest BCUT2D eigenvalue weighted by atomic mass is 16.5. The summed E-state index contributed by atoms with van der Waals surface area (Å²) in [6.45, 7) is 5.08. The van der Waals surface area contributed by atoms with Crippen molar-refractivity contribution in [3.63, 3.8) is 0 Å². The van der Waals surface area contributed by atoms with Crippen LogP contribution in [0, 0.1) is 0 Å². The van der Waals surface area contributed by atoms with Crippen LogP contribution in [0.3, 0.4) is 0 Å². The minimum Gasteiger partial charge on any atom is -0.497 e. The number of urea groups is 1. The molecule has 1 N–H and O–H groups in total. The van der Waals surface area contributed by atoms with Gasteiger partial charge in [0.25, 0.3) is 0 Å². The predicted molar refractivity (Wildman–Crippen MR) is 104 cm³/mol. The Morgan fingerprint density at radius 3 is 2.75 bits per heavy atom. The molecule has 1 aromatic carbocycles. The zero-order chi connectivity index (χ0) is 20.1.